The van der Waals surface area contributed by atoms with Gasteiger partial charge in [-0.3, -0.25) is 35.2 Å². The Morgan fingerprint density at radius 1 is 1.00 bits per heavy atom. The largest absolute Gasteiger partial charge is 0.450 e. The summed E-state index contributed by atoms with van der Waals surface area (Å²) in [5.41, 5.74) is 2.37. The molecule has 0 saturated carbocycles. The first-order valence-corrected chi connectivity index (χ1v) is 11.3. The molecular weight excluding hydrogens is 508 g/mol. The maximum Gasteiger partial charge on any atom is 0.318 e. The molecule has 180 valence electrons. The zero-order valence-corrected chi connectivity index (χ0v) is 19.7. The van der Waals surface area contributed by atoms with Crippen LogP contribution >= 0.6 is 24.0 Å². The van der Waals surface area contributed by atoms with Gasteiger partial charge in [-0.25, -0.2) is 0 Å². The van der Waals surface area contributed by atoms with Crippen LogP contribution in [0, 0.1) is 20.2 Å². The number of thiocarbonyl (C=S) groups is 1. The van der Waals surface area contributed by atoms with E-state index in [-0.39, 0.29) is 20.7 Å². The fourth-order valence-corrected chi connectivity index (χ4v) is 4.29. The molecule has 1 heterocycles. The molecular formula is C23H14N4O7S2. The Morgan fingerprint density at radius 3 is 2.44 bits per heavy atom. The van der Waals surface area contributed by atoms with E-state index in [9.17, 15) is 29.8 Å². The predicted molar refractivity (Wildman–Crippen MR) is 135 cm³/mol. The van der Waals surface area contributed by atoms with E-state index >= 15 is 0 Å². The minimum absolute atomic E-state index is 0.143. The summed E-state index contributed by atoms with van der Waals surface area (Å²) in [5, 5.41) is 23.3. The molecule has 1 aliphatic rings. The number of hydrazine groups is 1. The highest BCUT2D eigenvalue weighted by atomic mass is 32.2. The number of nitrogens with one attached hydrogen (secondary N) is 1. The van der Waals surface area contributed by atoms with Crippen molar-refractivity contribution in [1.29, 1.82) is 0 Å². The Bertz CT molecular complexity index is 1440. The minimum atomic E-state index is -0.777. The fourth-order valence-electron chi connectivity index (χ4n) is 3.11. The van der Waals surface area contributed by atoms with Crippen molar-refractivity contribution in [3.05, 3.63) is 109 Å². The second-order valence-corrected chi connectivity index (χ2v) is 8.84. The minimum Gasteiger partial charge on any atom is -0.450 e. The summed E-state index contributed by atoms with van der Waals surface area (Å²) in [6.07, 6.45) is 1.53. The lowest BCUT2D eigenvalue weighted by Crippen LogP contribution is -2.44. The third-order valence-electron chi connectivity index (χ3n) is 4.78. The Kier molecular flexibility index (Phi) is 7.03. The summed E-state index contributed by atoms with van der Waals surface area (Å²) in [7, 11) is 0. The van der Waals surface area contributed by atoms with Crippen LogP contribution < -0.4 is 10.2 Å². The van der Waals surface area contributed by atoms with Gasteiger partial charge in [0.2, 0.25) is 5.75 Å². The number of carbonyl (C=O) groups excluding carboxylic acids is 2. The molecule has 0 bridgehead atoms. The van der Waals surface area contributed by atoms with Gasteiger partial charge in [0.25, 0.3) is 17.5 Å². The van der Waals surface area contributed by atoms with Gasteiger partial charge in [-0.15, -0.1) is 0 Å². The normalized spacial score (nSPS) is 14.1. The molecule has 1 fully saturated rings. The number of hydrogen-bond donors (Lipinski definition) is 1. The van der Waals surface area contributed by atoms with Gasteiger partial charge in [0.05, 0.1) is 20.8 Å². The highest BCUT2D eigenvalue weighted by Gasteiger charge is 2.33. The van der Waals surface area contributed by atoms with Crippen molar-refractivity contribution in [2.75, 3.05) is 0 Å². The van der Waals surface area contributed by atoms with Gasteiger partial charge in [-0.2, -0.15) is 5.01 Å². The molecule has 1 aliphatic heterocycles. The van der Waals surface area contributed by atoms with Crippen molar-refractivity contribution in [2.24, 2.45) is 0 Å². The van der Waals surface area contributed by atoms with E-state index < -0.39 is 33.0 Å². The lowest BCUT2D eigenvalue weighted by molar-refractivity contribution is -0.394. The van der Waals surface area contributed by atoms with Gasteiger partial charge in [0.1, 0.15) is 5.75 Å². The Hall–Kier alpha value is -4.62. The number of carbonyl (C=O) groups is 2. The van der Waals surface area contributed by atoms with Crippen LogP contribution in [0.1, 0.15) is 15.9 Å². The van der Waals surface area contributed by atoms with E-state index in [1.54, 1.807) is 42.5 Å². The van der Waals surface area contributed by atoms with Crippen molar-refractivity contribution in [1.82, 2.24) is 10.4 Å². The van der Waals surface area contributed by atoms with E-state index in [2.05, 4.69) is 5.43 Å². The summed E-state index contributed by atoms with van der Waals surface area (Å²) in [5.74, 6) is -0.994. The Balaban J connectivity index is 1.53. The molecule has 0 aliphatic carbocycles. The van der Waals surface area contributed by atoms with Crippen LogP contribution in [0.15, 0.2) is 77.7 Å². The quantitative estimate of drug-likeness (QED) is 0.199. The van der Waals surface area contributed by atoms with Crippen LogP contribution in [-0.4, -0.2) is 31.0 Å². The second-order valence-electron chi connectivity index (χ2n) is 7.16. The first kappa shape index (κ1) is 24.5. The van der Waals surface area contributed by atoms with Crippen LogP contribution in [0.3, 0.4) is 0 Å². The van der Waals surface area contributed by atoms with E-state index in [1.165, 1.54) is 18.2 Å². The third kappa shape index (κ3) is 5.37. The Labute approximate surface area is 212 Å². The highest BCUT2D eigenvalue weighted by molar-refractivity contribution is 8.26. The van der Waals surface area contributed by atoms with Crippen LogP contribution in [0.2, 0.25) is 0 Å². The summed E-state index contributed by atoms with van der Waals surface area (Å²) in [4.78, 5) is 46.3. The Morgan fingerprint density at radius 2 is 1.75 bits per heavy atom. The number of hydrogen-bond acceptors (Lipinski definition) is 9. The summed E-state index contributed by atoms with van der Waals surface area (Å²) in [6, 6.07) is 17.7. The number of thioether (sulfide) groups is 1. The van der Waals surface area contributed by atoms with E-state index in [4.69, 9.17) is 17.0 Å². The zero-order valence-electron chi connectivity index (χ0n) is 18.0. The molecule has 13 heteroatoms. The number of ether oxygens (including phenoxy) is 1. The summed E-state index contributed by atoms with van der Waals surface area (Å²) < 4.78 is 5.75. The maximum absolute atomic E-state index is 12.8. The van der Waals surface area contributed by atoms with Gasteiger partial charge < -0.3 is 4.74 Å². The van der Waals surface area contributed by atoms with E-state index in [1.807, 2.05) is 0 Å². The molecule has 0 spiro atoms. The average Bonchev–Trinajstić information content (AvgIpc) is 3.12. The highest BCUT2D eigenvalue weighted by Crippen LogP contribution is 2.36. The molecule has 3 aromatic carbocycles. The number of nitro groups is 2. The number of non-ortho nitro benzene ring substituents is 1. The number of rotatable bonds is 7. The molecule has 3 aromatic rings. The van der Waals surface area contributed by atoms with E-state index in [0.717, 1.165) is 35.0 Å². The van der Waals surface area contributed by atoms with Crippen LogP contribution in [0.25, 0.3) is 6.08 Å². The first-order chi connectivity index (χ1) is 17.2. The topological polar surface area (TPSA) is 145 Å². The molecule has 0 aromatic heterocycles. The average molecular weight is 523 g/mol. The van der Waals surface area contributed by atoms with Crippen LogP contribution in [0.5, 0.6) is 11.5 Å². The summed E-state index contributed by atoms with van der Waals surface area (Å²) in [6.45, 7) is 0. The van der Waals surface area contributed by atoms with Crippen molar-refractivity contribution in [3.8, 4) is 11.5 Å². The second kappa shape index (κ2) is 10.3. The van der Waals surface area contributed by atoms with Crippen molar-refractivity contribution >= 4 is 57.6 Å². The van der Waals surface area contributed by atoms with Crippen LogP contribution in [0.4, 0.5) is 11.4 Å². The zero-order chi connectivity index (χ0) is 25.8. The predicted octanol–water partition coefficient (Wildman–Crippen LogP) is 4.84. The molecule has 2 amide bonds. The van der Waals surface area contributed by atoms with Gasteiger partial charge in [0.15, 0.2) is 4.32 Å². The number of benzene rings is 3. The standard InChI is InChI=1S/C23H14N4O7S2/c28-21(15-6-2-1-3-7-15)24-25-22(29)20(36-23(25)35)12-14-5-4-8-17(11-14)34-19-10-9-16(26(30)31)13-18(19)27(32)33/h1-13H,(H,24,28)/b20-12+. The molecule has 36 heavy (non-hydrogen) atoms. The molecule has 0 unspecified atom stereocenters. The summed E-state index contributed by atoms with van der Waals surface area (Å²) >= 11 is 6.23. The van der Waals surface area contributed by atoms with Crippen LogP contribution in [-0.2, 0) is 4.79 Å². The van der Waals surface area contributed by atoms with Crippen molar-refractivity contribution < 1.29 is 24.2 Å². The van der Waals surface area contributed by atoms with Crippen molar-refractivity contribution in [3.63, 3.8) is 0 Å². The molecule has 4 rings (SSSR count). The third-order valence-corrected chi connectivity index (χ3v) is 6.08. The number of nitrogens with zero attached hydrogens (tertiary/aromatic N) is 3. The molecule has 1 saturated heterocycles. The van der Waals surface area contributed by atoms with E-state index in [0.29, 0.717) is 11.1 Å². The van der Waals surface area contributed by atoms with Gasteiger partial charge >= 0.3 is 5.69 Å². The first-order valence-electron chi connectivity index (χ1n) is 10.1. The number of amides is 2. The lowest BCUT2D eigenvalue weighted by atomic mass is 10.2. The van der Waals surface area contributed by atoms with Crippen molar-refractivity contribution in [2.45, 2.75) is 0 Å². The monoisotopic (exact) mass is 522 g/mol. The SMILES string of the molecule is O=C(NN1C(=O)/C(=C\c2cccc(Oc3ccc([N+](=O)[O-])cc3[N+](=O)[O-])c2)SC1=S)c1ccccc1. The molecule has 0 atom stereocenters. The molecule has 0 radical (unpaired) electrons. The van der Waals surface area contributed by atoms with Gasteiger partial charge in [-0.1, -0.05) is 42.1 Å². The fraction of sp³-hybridized carbons (Fsp3) is 0. The smallest absolute Gasteiger partial charge is 0.318 e. The van der Waals surface area contributed by atoms with Gasteiger partial charge in [-0.05, 0) is 54.2 Å². The van der Waals surface area contributed by atoms with Gasteiger partial charge in [0, 0.05) is 11.6 Å². The molecule has 11 nitrogen and oxygen atoms in total. The molecule has 1 N–H and O–H groups in total. The number of nitro benzene ring substituents is 2. The lowest BCUT2D eigenvalue weighted by Gasteiger charge is -2.15. The maximum atomic E-state index is 12.8.